The Morgan fingerprint density at radius 3 is 2.85 bits per heavy atom. The highest BCUT2D eigenvalue weighted by molar-refractivity contribution is 6.15. The van der Waals surface area contributed by atoms with Crippen molar-refractivity contribution >= 4 is 11.9 Å². The Balaban J connectivity index is 1.70. The minimum atomic E-state index is -0.0711. The van der Waals surface area contributed by atoms with E-state index in [4.69, 9.17) is 14.2 Å². The summed E-state index contributed by atoms with van der Waals surface area (Å²) in [5, 5.41) is 0. The zero-order chi connectivity index (χ0) is 18.1. The van der Waals surface area contributed by atoms with E-state index in [1.165, 1.54) is 0 Å². The number of hydrogen-bond acceptors (Lipinski definition) is 5. The number of fused-ring (bicyclic) bond motifs is 3. The monoisotopic (exact) mass is 351 g/mol. The van der Waals surface area contributed by atoms with E-state index < -0.39 is 0 Å². The van der Waals surface area contributed by atoms with Gasteiger partial charge in [-0.25, -0.2) is 0 Å². The molecule has 2 aliphatic heterocycles. The first-order valence-electron chi connectivity index (χ1n) is 8.67. The molecule has 2 heterocycles. The van der Waals surface area contributed by atoms with Gasteiger partial charge in [0.15, 0.2) is 5.76 Å². The average Bonchev–Trinajstić information content (AvgIpc) is 2.98. The fraction of sp³-hybridized carbons (Fsp3) is 0.286. The smallest absolute Gasteiger partial charge is 0.232 e. The molecule has 2 aromatic carbocycles. The normalized spacial score (nSPS) is 17.6. The van der Waals surface area contributed by atoms with Crippen molar-refractivity contribution in [2.45, 2.75) is 13.5 Å². The number of ketones is 1. The maximum Gasteiger partial charge on any atom is 0.232 e. The number of aryl methyl sites for hydroxylation is 1. The molecule has 0 amide bonds. The molecule has 134 valence electrons. The molecule has 0 atom stereocenters. The molecule has 0 fully saturated rings. The van der Waals surface area contributed by atoms with Gasteiger partial charge in [0.1, 0.15) is 18.2 Å². The van der Waals surface area contributed by atoms with Crippen LogP contribution in [0.25, 0.3) is 6.08 Å². The number of methoxy groups -OCH3 is 1. The quantitative estimate of drug-likeness (QED) is 0.790. The van der Waals surface area contributed by atoms with Gasteiger partial charge in [-0.1, -0.05) is 30.3 Å². The maximum atomic E-state index is 12.9. The Hall–Kier alpha value is -2.63. The van der Waals surface area contributed by atoms with Crippen LogP contribution in [0.15, 0.2) is 42.2 Å². The third kappa shape index (κ3) is 3.00. The van der Waals surface area contributed by atoms with Crippen molar-refractivity contribution in [1.82, 2.24) is 4.90 Å². The molecule has 4 rings (SSSR count). The van der Waals surface area contributed by atoms with Crippen LogP contribution < -0.4 is 9.47 Å². The van der Waals surface area contributed by atoms with Crippen molar-refractivity contribution in [3.8, 4) is 11.5 Å². The van der Waals surface area contributed by atoms with E-state index >= 15 is 0 Å². The first-order chi connectivity index (χ1) is 12.7. The fourth-order valence-corrected chi connectivity index (χ4v) is 3.34. The highest BCUT2D eigenvalue weighted by Crippen LogP contribution is 2.43. The zero-order valence-electron chi connectivity index (χ0n) is 15.0. The van der Waals surface area contributed by atoms with Crippen molar-refractivity contribution in [1.29, 1.82) is 0 Å². The lowest BCUT2D eigenvalue weighted by Gasteiger charge is -2.29. The topological polar surface area (TPSA) is 48.0 Å². The Kier molecular flexibility index (Phi) is 4.49. The van der Waals surface area contributed by atoms with Crippen LogP contribution in [0, 0.1) is 6.92 Å². The Bertz CT molecular complexity index is 873. The van der Waals surface area contributed by atoms with Crippen LogP contribution in [0.1, 0.15) is 27.0 Å². The molecule has 5 nitrogen and oxygen atoms in total. The molecule has 0 N–H and O–H groups in total. The number of benzene rings is 2. The second-order valence-corrected chi connectivity index (χ2v) is 6.54. The molecule has 0 aromatic heterocycles. The van der Waals surface area contributed by atoms with Gasteiger partial charge in [-0.2, -0.15) is 0 Å². The predicted molar refractivity (Wildman–Crippen MR) is 98.3 cm³/mol. The number of rotatable bonds is 4. The Morgan fingerprint density at radius 1 is 1.27 bits per heavy atom. The molecule has 2 aliphatic rings. The SMILES string of the molecule is COCCN1COc2cc(C)c3c(c2C1)O/C(=C\c1ccccc1)C3=O. The second-order valence-electron chi connectivity index (χ2n) is 6.54. The van der Waals surface area contributed by atoms with E-state index in [2.05, 4.69) is 4.90 Å². The van der Waals surface area contributed by atoms with Crippen molar-refractivity contribution in [2.24, 2.45) is 0 Å². The van der Waals surface area contributed by atoms with Gasteiger partial charge in [-0.3, -0.25) is 9.69 Å². The third-order valence-corrected chi connectivity index (χ3v) is 4.70. The number of allylic oxidation sites excluding steroid dienone is 1. The molecule has 0 saturated carbocycles. The molecule has 0 spiro atoms. The summed E-state index contributed by atoms with van der Waals surface area (Å²) in [6.07, 6.45) is 1.79. The number of nitrogens with zero attached hydrogens (tertiary/aromatic N) is 1. The van der Waals surface area contributed by atoms with Crippen LogP contribution >= 0.6 is 0 Å². The summed E-state index contributed by atoms with van der Waals surface area (Å²) in [5.74, 6) is 1.72. The molecule has 5 heteroatoms. The molecule has 0 bridgehead atoms. The van der Waals surface area contributed by atoms with E-state index in [0.717, 1.165) is 29.0 Å². The van der Waals surface area contributed by atoms with Gasteiger partial charge in [-0.15, -0.1) is 0 Å². The molecule has 0 aliphatic carbocycles. The third-order valence-electron chi connectivity index (χ3n) is 4.70. The molecule has 0 unspecified atom stereocenters. The highest BCUT2D eigenvalue weighted by atomic mass is 16.5. The predicted octanol–water partition coefficient (Wildman–Crippen LogP) is 3.41. The number of hydrogen-bond donors (Lipinski definition) is 0. The fourth-order valence-electron chi connectivity index (χ4n) is 3.34. The number of carbonyl (C=O) groups excluding carboxylic acids is 1. The summed E-state index contributed by atoms with van der Waals surface area (Å²) in [6.45, 7) is 4.50. The average molecular weight is 351 g/mol. The van der Waals surface area contributed by atoms with E-state index in [-0.39, 0.29) is 5.78 Å². The zero-order valence-corrected chi connectivity index (χ0v) is 15.0. The standard InChI is InChI=1S/C21H21NO4/c1-14-10-17-16(12-22(13-25-17)8-9-24-2)21-19(14)20(23)18(26-21)11-15-6-4-3-5-7-15/h3-7,10-11H,8-9,12-13H2,1-2H3/b18-11-. The van der Waals surface area contributed by atoms with Crippen molar-refractivity contribution in [3.63, 3.8) is 0 Å². The van der Waals surface area contributed by atoms with Gasteiger partial charge in [-0.05, 0) is 30.2 Å². The van der Waals surface area contributed by atoms with Gasteiger partial charge < -0.3 is 14.2 Å². The first kappa shape index (κ1) is 16.8. The summed E-state index contributed by atoms with van der Waals surface area (Å²) in [4.78, 5) is 15.0. The number of Topliss-reactive ketones (excluding diaryl/α,β-unsaturated/α-hetero) is 1. The maximum absolute atomic E-state index is 12.9. The highest BCUT2D eigenvalue weighted by Gasteiger charge is 2.35. The molecular weight excluding hydrogens is 330 g/mol. The lowest BCUT2D eigenvalue weighted by molar-refractivity contribution is 0.0646. The van der Waals surface area contributed by atoms with Gasteiger partial charge in [0.2, 0.25) is 5.78 Å². The molecule has 2 aromatic rings. The molecule has 26 heavy (non-hydrogen) atoms. The summed E-state index contributed by atoms with van der Waals surface area (Å²) in [5.41, 5.74) is 3.39. The first-order valence-corrected chi connectivity index (χ1v) is 8.67. The van der Waals surface area contributed by atoms with Gasteiger partial charge in [0, 0.05) is 20.2 Å². The van der Waals surface area contributed by atoms with E-state index in [1.807, 2.05) is 43.3 Å². The van der Waals surface area contributed by atoms with Crippen LogP contribution in [0.5, 0.6) is 11.5 Å². The van der Waals surface area contributed by atoms with Crippen LogP contribution in [0.3, 0.4) is 0 Å². The molecule has 0 radical (unpaired) electrons. The minimum absolute atomic E-state index is 0.0711. The van der Waals surface area contributed by atoms with Crippen molar-refractivity contribution < 1.29 is 19.0 Å². The van der Waals surface area contributed by atoms with Crippen molar-refractivity contribution in [2.75, 3.05) is 27.0 Å². The lowest BCUT2D eigenvalue weighted by atomic mass is 9.98. The van der Waals surface area contributed by atoms with E-state index in [0.29, 0.717) is 37.0 Å². The van der Waals surface area contributed by atoms with E-state index in [1.54, 1.807) is 13.2 Å². The van der Waals surface area contributed by atoms with Crippen LogP contribution in [0.2, 0.25) is 0 Å². The van der Waals surface area contributed by atoms with Gasteiger partial charge >= 0.3 is 0 Å². The Morgan fingerprint density at radius 2 is 2.08 bits per heavy atom. The number of carbonyl (C=O) groups is 1. The van der Waals surface area contributed by atoms with Crippen LogP contribution in [-0.4, -0.2) is 37.7 Å². The minimum Gasteiger partial charge on any atom is -0.478 e. The van der Waals surface area contributed by atoms with Gasteiger partial charge in [0.25, 0.3) is 0 Å². The number of ether oxygens (including phenoxy) is 3. The lowest BCUT2D eigenvalue weighted by Crippen LogP contribution is -2.34. The summed E-state index contributed by atoms with van der Waals surface area (Å²) >= 11 is 0. The molecule has 0 saturated heterocycles. The van der Waals surface area contributed by atoms with E-state index in [9.17, 15) is 4.79 Å². The largest absolute Gasteiger partial charge is 0.478 e. The summed E-state index contributed by atoms with van der Waals surface area (Å²) in [7, 11) is 1.68. The second kappa shape index (κ2) is 6.94. The summed E-state index contributed by atoms with van der Waals surface area (Å²) < 4.78 is 17.1. The van der Waals surface area contributed by atoms with Crippen LogP contribution in [-0.2, 0) is 11.3 Å². The van der Waals surface area contributed by atoms with Gasteiger partial charge in [0.05, 0.1) is 17.7 Å². The summed E-state index contributed by atoms with van der Waals surface area (Å²) in [6, 6.07) is 11.7. The molecular formula is C21H21NO4. The Labute approximate surface area is 152 Å². The van der Waals surface area contributed by atoms with Crippen LogP contribution in [0.4, 0.5) is 0 Å². The van der Waals surface area contributed by atoms with Crippen molar-refractivity contribution in [3.05, 3.63) is 64.4 Å².